The maximum absolute atomic E-state index is 12.1. The molecule has 2 fully saturated rings. The van der Waals surface area contributed by atoms with Crippen LogP contribution in [0, 0.1) is 5.92 Å². The highest BCUT2D eigenvalue weighted by atomic mass is 16.4. The second-order valence-electron chi connectivity index (χ2n) is 8.47. The predicted molar refractivity (Wildman–Crippen MR) is 111 cm³/mol. The van der Waals surface area contributed by atoms with Crippen LogP contribution >= 0.6 is 0 Å². The number of nitrogens with zero attached hydrogens (tertiary/aromatic N) is 1. The lowest BCUT2D eigenvalue weighted by molar-refractivity contribution is -0.140. The molecule has 1 saturated carbocycles. The van der Waals surface area contributed by atoms with Crippen molar-refractivity contribution in [3.8, 4) is 0 Å². The molecule has 1 aliphatic heterocycles. The minimum Gasteiger partial charge on any atom is -0.481 e. The van der Waals surface area contributed by atoms with Gasteiger partial charge in [-0.1, -0.05) is 60.7 Å². The molecule has 5 nitrogen and oxygen atoms in total. The standard InChI is InChI=1S/C24H28N2O3/c1-18(27)25-23(19-8-4-2-5-9-19)12-14-26(15-13-23)17-21-16-24(21,22(28)29)20-10-6-3-7-11-20/h2-11,21H,12-17H2,1H3,(H,25,27)(H,28,29)/t21-,24+/m0/s1. The molecule has 1 saturated heterocycles. The zero-order valence-electron chi connectivity index (χ0n) is 16.8. The first-order chi connectivity index (χ1) is 14.0. The van der Waals surface area contributed by atoms with Gasteiger partial charge in [-0.05, 0) is 36.3 Å². The van der Waals surface area contributed by atoms with Crippen LogP contribution in [0.25, 0.3) is 0 Å². The maximum Gasteiger partial charge on any atom is 0.314 e. The Labute approximate surface area is 171 Å². The van der Waals surface area contributed by atoms with Crippen molar-refractivity contribution in [1.29, 1.82) is 0 Å². The van der Waals surface area contributed by atoms with Crippen LogP contribution in [0.15, 0.2) is 60.7 Å². The van der Waals surface area contributed by atoms with Crippen molar-refractivity contribution in [2.75, 3.05) is 19.6 Å². The summed E-state index contributed by atoms with van der Waals surface area (Å²) in [6.07, 6.45) is 2.35. The van der Waals surface area contributed by atoms with Crippen LogP contribution in [-0.4, -0.2) is 41.5 Å². The van der Waals surface area contributed by atoms with Crippen LogP contribution in [0.2, 0.25) is 0 Å². The first-order valence-electron chi connectivity index (χ1n) is 10.3. The van der Waals surface area contributed by atoms with E-state index in [0.29, 0.717) is 6.42 Å². The van der Waals surface area contributed by atoms with Crippen LogP contribution < -0.4 is 5.32 Å². The summed E-state index contributed by atoms with van der Waals surface area (Å²) >= 11 is 0. The molecule has 5 heteroatoms. The lowest BCUT2D eigenvalue weighted by Gasteiger charge is -2.43. The van der Waals surface area contributed by atoms with Gasteiger partial charge in [0.05, 0.1) is 11.0 Å². The number of carbonyl (C=O) groups is 2. The number of benzene rings is 2. The molecule has 0 unspecified atom stereocenters. The Balaban J connectivity index is 1.45. The van der Waals surface area contributed by atoms with Crippen molar-refractivity contribution < 1.29 is 14.7 Å². The van der Waals surface area contributed by atoms with Crippen LogP contribution in [0.1, 0.15) is 37.3 Å². The minimum atomic E-state index is -0.743. The first kappa shape index (κ1) is 19.6. The van der Waals surface area contributed by atoms with E-state index in [1.165, 1.54) is 0 Å². The number of nitrogens with one attached hydrogen (secondary N) is 1. The Hall–Kier alpha value is -2.66. The molecule has 2 aromatic carbocycles. The fraction of sp³-hybridized carbons (Fsp3) is 0.417. The zero-order valence-corrected chi connectivity index (χ0v) is 16.8. The van der Waals surface area contributed by atoms with Gasteiger partial charge in [0, 0.05) is 26.6 Å². The van der Waals surface area contributed by atoms with E-state index in [1.807, 2.05) is 48.5 Å². The van der Waals surface area contributed by atoms with E-state index in [1.54, 1.807) is 6.92 Å². The number of carbonyl (C=O) groups excluding carboxylic acids is 1. The Morgan fingerprint density at radius 1 is 1.00 bits per heavy atom. The van der Waals surface area contributed by atoms with Gasteiger partial charge in [0.2, 0.25) is 5.91 Å². The summed E-state index contributed by atoms with van der Waals surface area (Å²) in [6, 6.07) is 19.8. The van der Waals surface area contributed by atoms with Crippen LogP contribution in [0.4, 0.5) is 0 Å². The van der Waals surface area contributed by atoms with E-state index < -0.39 is 11.4 Å². The molecule has 0 radical (unpaired) electrons. The van der Waals surface area contributed by atoms with Crippen molar-refractivity contribution in [3.05, 3.63) is 71.8 Å². The van der Waals surface area contributed by atoms with Crippen molar-refractivity contribution in [1.82, 2.24) is 10.2 Å². The van der Waals surface area contributed by atoms with Gasteiger partial charge in [-0.3, -0.25) is 9.59 Å². The summed E-state index contributed by atoms with van der Waals surface area (Å²) in [5.74, 6) is -0.603. The monoisotopic (exact) mass is 392 g/mol. The normalized spacial score (nSPS) is 25.9. The summed E-state index contributed by atoms with van der Waals surface area (Å²) in [6.45, 7) is 4.04. The largest absolute Gasteiger partial charge is 0.481 e. The highest BCUT2D eigenvalue weighted by Crippen LogP contribution is 2.55. The van der Waals surface area contributed by atoms with Gasteiger partial charge in [0.1, 0.15) is 0 Å². The highest BCUT2D eigenvalue weighted by Gasteiger charge is 2.61. The van der Waals surface area contributed by atoms with E-state index in [9.17, 15) is 14.7 Å². The number of likely N-dealkylation sites (tertiary alicyclic amines) is 1. The maximum atomic E-state index is 12.1. The average Bonchev–Trinajstić information content (AvgIpc) is 3.46. The Morgan fingerprint density at radius 3 is 2.07 bits per heavy atom. The van der Waals surface area contributed by atoms with Crippen molar-refractivity contribution in [2.24, 2.45) is 5.92 Å². The predicted octanol–water partition coefficient (Wildman–Crippen LogP) is 3.16. The first-order valence-corrected chi connectivity index (χ1v) is 10.3. The number of amides is 1. The fourth-order valence-electron chi connectivity index (χ4n) is 5.03. The fourth-order valence-corrected chi connectivity index (χ4v) is 5.03. The number of hydrogen-bond donors (Lipinski definition) is 2. The molecule has 2 aromatic rings. The second-order valence-corrected chi connectivity index (χ2v) is 8.47. The molecule has 2 aliphatic rings. The number of rotatable bonds is 6. The third-order valence-electron chi connectivity index (χ3n) is 6.71. The summed E-state index contributed by atoms with van der Waals surface area (Å²) in [5, 5.41) is 13.1. The number of piperidine rings is 1. The second kappa shape index (κ2) is 7.64. The van der Waals surface area contributed by atoms with E-state index in [2.05, 4.69) is 22.3 Å². The molecular formula is C24H28N2O3. The minimum absolute atomic E-state index is 0.0153. The zero-order chi connectivity index (χ0) is 20.5. The van der Waals surface area contributed by atoms with E-state index >= 15 is 0 Å². The molecule has 152 valence electrons. The molecule has 29 heavy (non-hydrogen) atoms. The van der Waals surface area contributed by atoms with E-state index in [0.717, 1.165) is 43.6 Å². The molecule has 2 atom stereocenters. The number of carboxylic acid groups (broad SMARTS) is 1. The summed E-state index contributed by atoms with van der Waals surface area (Å²) in [5.41, 5.74) is 0.973. The number of carboxylic acids is 1. The van der Waals surface area contributed by atoms with Gasteiger partial charge in [0.15, 0.2) is 0 Å². The van der Waals surface area contributed by atoms with Gasteiger partial charge in [0.25, 0.3) is 0 Å². The van der Waals surface area contributed by atoms with Gasteiger partial charge < -0.3 is 15.3 Å². The van der Waals surface area contributed by atoms with Crippen LogP contribution in [-0.2, 0) is 20.5 Å². The Kier molecular flexibility index (Phi) is 5.17. The molecule has 4 rings (SSSR count). The molecular weight excluding hydrogens is 364 g/mol. The summed E-state index contributed by atoms with van der Waals surface area (Å²) in [7, 11) is 0. The van der Waals surface area contributed by atoms with Crippen molar-refractivity contribution >= 4 is 11.9 Å². The lowest BCUT2D eigenvalue weighted by Crippen LogP contribution is -2.53. The topological polar surface area (TPSA) is 69.6 Å². The molecule has 0 bridgehead atoms. The van der Waals surface area contributed by atoms with Gasteiger partial charge in [-0.15, -0.1) is 0 Å². The lowest BCUT2D eigenvalue weighted by atomic mass is 9.80. The summed E-state index contributed by atoms with van der Waals surface area (Å²) < 4.78 is 0. The highest BCUT2D eigenvalue weighted by molar-refractivity contribution is 5.86. The quantitative estimate of drug-likeness (QED) is 0.792. The van der Waals surface area contributed by atoms with Crippen molar-refractivity contribution in [3.63, 3.8) is 0 Å². The Morgan fingerprint density at radius 2 is 1.55 bits per heavy atom. The van der Waals surface area contributed by atoms with Gasteiger partial charge in [-0.2, -0.15) is 0 Å². The molecule has 2 N–H and O–H groups in total. The van der Waals surface area contributed by atoms with Crippen LogP contribution in [0.5, 0.6) is 0 Å². The smallest absolute Gasteiger partial charge is 0.314 e. The molecule has 1 aliphatic carbocycles. The van der Waals surface area contributed by atoms with E-state index in [-0.39, 0.29) is 17.4 Å². The van der Waals surface area contributed by atoms with E-state index in [4.69, 9.17) is 0 Å². The third-order valence-corrected chi connectivity index (χ3v) is 6.71. The van der Waals surface area contributed by atoms with Gasteiger partial charge in [-0.25, -0.2) is 0 Å². The third kappa shape index (κ3) is 3.67. The summed E-state index contributed by atoms with van der Waals surface area (Å²) in [4.78, 5) is 26.3. The molecule has 0 aromatic heterocycles. The number of hydrogen-bond acceptors (Lipinski definition) is 3. The molecule has 0 spiro atoms. The molecule has 1 heterocycles. The average molecular weight is 392 g/mol. The number of aliphatic carboxylic acids is 1. The molecule has 1 amide bonds. The SMILES string of the molecule is CC(=O)NC1(c2ccccc2)CCN(C[C@@H]2C[C@@]2(C(=O)O)c2ccccc2)CC1. The Bertz CT molecular complexity index is 876. The van der Waals surface area contributed by atoms with Crippen molar-refractivity contribution in [2.45, 2.75) is 37.1 Å². The van der Waals surface area contributed by atoms with Gasteiger partial charge >= 0.3 is 5.97 Å². The van der Waals surface area contributed by atoms with Crippen LogP contribution in [0.3, 0.4) is 0 Å².